The number of fused-ring (bicyclic) bond motifs is 3. The third kappa shape index (κ3) is 1.74. The van der Waals surface area contributed by atoms with E-state index < -0.39 is 0 Å². The van der Waals surface area contributed by atoms with Crippen LogP contribution in [0.1, 0.15) is 5.56 Å². The Balaban J connectivity index is 2.05. The van der Waals surface area contributed by atoms with Crippen molar-refractivity contribution in [2.75, 3.05) is 0 Å². The first-order valence-corrected chi connectivity index (χ1v) is 6.66. The molecule has 0 saturated carbocycles. The van der Waals surface area contributed by atoms with Crippen LogP contribution in [0.25, 0.3) is 22.9 Å². The summed E-state index contributed by atoms with van der Waals surface area (Å²) in [4.78, 5) is 20.8. The van der Waals surface area contributed by atoms with Crippen LogP contribution in [0, 0.1) is 6.92 Å². The smallest absolute Gasteiger partial charge is 0.284 e. The minimum Gasteiger partial charge on any atom is -0.284 e. The highest BCUT2D eigenvalue weighted by molar-refractivity contribution is 5.60. The molecule has 5 nitrogen and oxygen atoms in total. The van der Waals surface area contributed by atoms with Gasteiger partial charge in [0.2, 0.25) is 0 Å². The van der Waals surface area contributed by atoms with Crippen molar-refractivity contribution in [2.45, 2.75) is 6.92 Å². The zero-order valence-corrected chi connectivity index (χ0v) is 11.4. The standard InChI is InChI=1S/C16H12N4O/c1-11-5-7-12(8-6-11)20-13-10-17-14-4-2-3-9-19(14)15(13)18-16(20)21/h2-10H,1H3. The summed E-state index contributed by atoms with van der Waals surface area (Å²) < 4.78 is 3.41. The van der Waals surface area contributed by atoms with Crippen molar-refractivity contribution in [1.82, 2.24) is 18.9 Å². The molecule has 2 aliphatic rings. The van der Waals surface area contributed by atoms with Crippen molar-refractivity contribution < 1.29 is 0 Å². The van der Waals surface area contributed by atoms with Crippen LogP contribution < -0.4 is 5.69 Å². The van der Waals surface area contributed by atoms with Crippen molar-refractivity contribution in [3.63, 3.8) is 0 Å². The van der Waals surface area contributed by atoms with E-state index in [1.807, 2.05) is 60.0 Å². The largest absolute Gasteiger partial charge is 0.354 e. The van der Waals surface area contributed by atoms with Crippen LogP contribution in [-0.2, 0) is 0 Å². The predicted molar refractivity (Wildman–Crippen MR) is 79.9 cm³/mol. The summed E-state index contributed by atoms with van der Waals surface area (Å²) >= 11 is 0. The number of rotatable bonds is 1. The van der Waals surface area contributed by atoms with Crippen molar-refractivity contribution in [3.8, 4) is 17.2 Å². The van der Waals surface area contributed by atoms with Gasteiger partial charge in [-0.15, -0.1) is 0 Å². The molecule has 0 aliphatic carbocycles. The van der Waals surface area contributed by atoms with Gasteiger partial charge in [0, 0.05) is 6.20 Å². The lowest BCUT2D eigenvalue weighted by Gasteiger charge is -2.08. The van der Waals surface area contributed by atoms with Gasteiger partial charge >= 0.3 is 5.69 Å². The Hall–Kier alpha value is -2.95. The van der Waals surface area contributed by atoms with E-state index in [4.69, 9.17) is 0 Å². The van der Waals surface area contributed by atoms with Crippen LogP contribution >= 0.6 is 0 Å². The molecule has 0 bridgehead atoms. The first-order chi connectivity index (χ1) is 10.2. The van der Waals surface area contributed by atoms with E-state index in [0.717, 1.165) is 16.9 Å². The third-order valence-electron chi connectivity index (χ3n) is 3.54. The molecule has 102 valence electrons. The highest BCUT2D eigenvalue weighted by Crippen LogP contribution is 2.21. The van der Waals surface area contributed by atoms with Crippen LogP contribution in [0.3, 0.4) is 0 Å². The SMILES string of the molecule is Cc1ccc(-n2c3cnc4ccccn4c-3nc2=O)cc1. The van der Waals surface area contributed by atoms with Crippen LogP contribution in [0.2, 0.25) is 0 Å². The van der Waals surface area contributed by atoms with Gasteiger partial charge in [0.25, 0.3) is 0 Å². The highest BCUT2D eigenvalue weighted by Gasteiger charge is 2.18. The minimum atomic E-state index is -0.292. The molecule has 5 heteroatoms. The second-order valence-corrected chi connectivity index (χ2v) is 4.96. The van der Waals surface area contributed by atoms with Gasteiger partial charge in [-0.3, -0.25) is 8.97 Å². The maximum atomic E-state index is 12.3. The number of imidazole rings is 1. The topological polar surface area (TPSA) is 52.2 Å². The zero-order chi connectivity index (χ0) is 14.4. The average Bonchev–Trinajstić information content (AvgIpc) is 2.85. The molecule has 0 amide bonds. The molecular weight excluding hydrogens is 264 g/mol. The highest BCUT2D eigenvalue weighted by atomic mass is 16.1. The molecule has 2 aliphatic heterocycles. The number of hydrogen-bond donors (Lipinski definition) is 0. The molecule has 0 unspecified atom stereocenters. The van der Waals surface area contributed by atoms with E-state index in [-0.39, 0.29) is 5.69 Å². The number of aryl methyl sites for hydroxylation is 1. The normalized spacial score (nSPS) is 11.3. The summed E-state index contributed by atoms with van der Waals surface area (Å²) in [5.41, 5.74) is 3.12. The Labute approximate surface area is 120 Å². The van der Waals surface area contributed by atoms with Gasteiger partial charge in [0.1, 0.15) is 11.3 Å². The van der Waals surface area contributed by atoms with Gasteiger partial charge in [0.15, 0.2) is 5.82 Å². The Morgan fingerprint density at radius 2 is 1.86 bits per heavy atom. The Bertz CT molecular complexity index is 966. The van der Waals surface area contributed by atoms with E-state index >= 15 is 0 Å². The molecule has 0 saturated heterocycles. The number of pyridine rings is 1. The first-order valence-electron chi connectivity index (χ1n) is 6.66. The van der Waals surface area contributed by atoms with Gasteiger partial charge in [-0.1, -0.05) is 23.8 Å². The lowest BCUT2D eigenvalue weighted by atomic mass is 10.2. The molecule has 0 fully saturated rings. The van der Waals surface area contributed by atoms with Crippen LogP contribution in [-0.4, -0.2) is 18.9 Å². The van der Waals surface area contributed by atoms with Gasteiger partial charge in [-0.25, -0.2) is 9.78 Å². The lowest BCUT2D eigenvalue weighted by molar-refractivity contribution is 0.994. The van der Waals surface area contributed by atoms with E-state index in [2.05, 4.69) is 9.97 Å². The molecule has 0 spiro atoms. The van der Waals surface area contributed by atoms with Crippen LogP contribution in [0.15, 0.2) is 59.7 Å². The van der Waals surface area contributed by atoms with E-state index in [9.17, 15) is 4.79 Å². The van der Waals surface area contributed by atoms with Gasteiger partial charge < -0.3 is 0 Å². The molecule has 3 heterocycles. The summed E-state index contributed by atoms with van der Waals surface area (Å²) in [6, 6.07) is 13.5. The third-order valence-corrected chi connectivity index (χ3v) is 3.54. The monoisotopic (exact) mass is 276 g/mol. The van der Waals surface area contributed by atoms with E-state index in [1.54, 1.807) is 10.8 Å². The Morgan fingerprint density at radius 3 is 2.67 bits per heavy atom. The summed E-state index contributed by atoms with van der Waals surface area (Å²) in [5, 5.41) is 0. The maximum Gasteiger partial charge on any atom is 0.354 e. The Kier molecular flexibility index (Phi) is 2.41. The molecule has 4 rings (SSSR count). The molecule has 1 aromatic heterocycles. The molecule has 21 heavy (non-hydrogen) atoms. The molecule has 2 aromatic rings. The van der Waals surface area contributed by atoms with E-state index in [0.29, 0.717) is 11.5 Å². The summed E-state index contributed by atoms with van der Waals surface area (Å²) in [5.74, 6) is 0.617. The minimum absolute atomic E-state index is 0.292. The van der Waals surface area contributed by atoms with Gasteiger partial charge in [-0.05, 0) is 31.2 Å². The maximum absolute atomic E-state index is 12.3. The molecule has 0 N–H and O–H groups in total. The quantitative estimate of drug-likeness (QED) is 0.536. The van der Waals surface area contributed by atoms with Crippen molar-refractivity contribution in [1.29, 1.82) is 0 Å². The van der Waals surface area contributed by atoms with Gasteiger partial charge in [0.05, 0.1) is 11.9 Å². The van der Waals surface area contributed by atoms with Crippen LogP contribution in [0.5, 0.6) is 0 Å². The average molecular weight is 276 g/mol. The lowest BCUT2D eigenvalue weighted by Crippen LogP contribution is -2.14. The number of benzene rings is 1. The van der Waals surface area contributed by atoms with Crippen molar-refractivity contribution >= 4 is 5.65 Å². The van der Waals surface area contributed by atoms with Crippen LogP contribution in [0.4, 0.5) is 0 Å². The molecule has 0 radical (unpaired) electrons. The van der Waals surface area contributed by atoms with Crippen molar-refractivity contribution in [2.24, 2.45) is 0 Å². The van der Waals surface area contributed by atoms with Gasteiger partial charge in [-0.2, -0.15) is 4.98 Å². The number of nitrogens with zero attached hydrogens (tertiary/aromatic N) is 4. The summed E-state index contributed by atoms with van der Waals surface area (Å²) in [7, 11) is 0. The molecular formula is C16H12N4O. The van der Waals surface area contributed by atoms with Crippen molar-refractivity contribution in [3.05, 3.63) is 70.9 Å². The molecule has 1 aromatic carbocycles. The van der Waals surface area contributed by atoms with E-state index in [1.165, 1.54) is 0 Å². The number of aromatic nitrogens is 4. The fraction of sp³-hybridized carbons (Fsp3) is 0.0625. The summed E-state index contributed by atoms with van der Waals surface area (Å²) in [6.07, 6.45) is 3.55. The fourth-order valence-electron chi connectivity index (χ4n) is 2.48. The fourth-order valence-corrected chi connectivity index (χ4v) is 2.48. The zero-order valence-electron chi connectivity index (χ0n) is 11.4. The second-order valence-electron chi connectivity index (χ2n) is 4.96. The first kappa shape index (κ1) is 11.8. The Morgan fingerprint density at radius 1 is 1.05 bits per heavy atom. The number of hydrogen-bond acceptors (Lipinski definition) is 3. The molecule has 0 atom stereocenters. The second kappa shape index (κ2) is 4.28. The predicted octanol–water partition coefficient (Wildman–Crippen LogP) is 2.29. The summed E-state index contributed by atoms with van der Waals surface area (Å²) in [6.45, 7) is 2.01.